The second kappa shape index (κ2) is 11.0. The molecule has 2 aliphatic carbocycles. The van der Waals surface area contributed by atoms with Crippen molar-refractivity contribution in [2.45, 2.75) is 11.8 Å². The van der Waals surface area contributed by atoms with Crippen LogP contribution in [0.15, 0.2) is 191 Å². The number of rotatable bonds is 2. The van der Waals surface area contributed by atoms with Gasteiger partial charge in [0.15, 0.2) is 0 Å². The van der Waals surface area contributed by atoms with E-state index in [1.165, 1.54) is 44.5 Å². The Labute approximate surface area is 311 Å². The fourth-order valence-corrected chi connectivity index (χ4v) is 9.74. The highest BCUT2D eigenvalue weighted by Crippen LogP contribution is 2.66. The third-order valence-electron chi connectivity index (χ3n) is 11.8. The Morgan fingerprint density at radius 2 is 1.09 bits per heavy atom. The van der Waals surface area contributed by atoms with Gasteiger partial charge in [-0.25, -0.2) is 9.98 Å². The minimum absolute atomic E-state index is 0.593. The molecule has 12 rings (SSSR count). The van der Waals surface area contributed by atoms with Crippen LogP contribution < -0.4 is 0 Å². The smallest absolute Gasteiger partial charge is 0.235 e. The zero-order valence-corrected chi connectivity index (χ0v) is 29.2. The van der Waals surface area contributed by atoms with E-state index in [-0.39, 0.29) is 0 Å². The van der Waals surface area contributed by atoms with Crippen molar-refractivity contribution in [3.8, 4) is 22.3 Å². The summed E-state index contributed by atoms with van der Waals surface area (Å²) in [6.07, 6.45) is 6.76. The van der Waals surface area contributed by atoms with Crippen LogP contribution in [0.5, 0.6) is 0 Å². The summed E-state index contributed by atoms with van der Waals surface area (Å²) in [6.45, 7) is 0. The molecule has 4 nitrogen and oxygen atoms in total. The Morgan fingerprint density at radius 3 is 1.81 bits per heavy atom. The predicted octanol–water partition coefficient (Wildman–Crippen LogP) is 12.0. The number of aliphatic imine (C=N–C) groups is 2. The van der Waals surface area contributed by atoms with Crippen molar-refractivity contribution < 1.29 is 4.42 Å². The Bertz CT molecular complexity index is 3080. The number of allylic oxidation sites excluding steroid dienone is 1. The van der Waals surface area contributed by atoms with Crippen LogP contribution in [0.1, 0.15) is 39.8 Å². The topological polar surface area (TPSA) is 42.8 Å². The lowest BCUT2D eigenvalue weighted by Gasteiger charge is -2.31. The Hall–Kier alpha value is -7.04. The van der Waals surface area contributed by atoms with Crippen molar-refractivity contribution in [2.75, 3.05) is 0 Å². The quantitative estimate of drug-likeness (QED) is 0.178. The molecule has 0 amide bonds. The summed E-state index contributed by atoms with van der Waals surface area (Å²) in [4.78, 5) is 11.1. The molecule has 2 aromatic heterocycles. The summed E-state index contributed by atoms with van der Waals surface area (Å²) in [5.74, 6) is 0.642. The fraction of sp³-hybridized carbons (Fsp3) is 0.0400. The third-order valence-corrected chi connectivity index (χ3v) is 11.8. The van der Waals surface area contributed by atoms with Crippen molar-refractivity contribution in [1.82, 2.24) is 4.57 Å². The first kappa shape index (κ1) is 29.5. The molecule has 0 fully saturated rings. The van der Waals surface area contributed by atoms with Gasteiger partial charge < -0.3 is 4.42 Å². The van der Waals surface area contributed by atoms with Gasteiger partial charge in [0.25, 0.3) is 0 Å². The molecule has 3 heterocycles. The van der Waals surface area contributed by atoms with Gasteiger partial charge in [0.2, 0.25) is 5.96 Å². The number of para-hydroxylation sites is 1. The van der Waals surface area contributed by atoms with E-state index in [4.69, 9.17) is 14.4 Å². The lowest BCUT2D eigenvalue weighted by atomic mass is 9.70. The van der Waals surface area contributed by atoms with E-state index in [0.717, 1.165) is 55.1 Å². The van der Waals surface area contributed by atoms with Gasteiger partial charge in [-0.2, -0.15) is 0 Å². The van der Waals surface area contributed by atoms with Gasteiger partial charge in [-0.1, -0.05) is 158 Å². The Morgan fingerprint density at radius 1 is 0.519 bits per heavy atom. The second-order valence-electron chi connectivity index (χ2n) is 14.4. The Balaban J connectivity index is 1.31. The summed E-state index contributed by atoms with van der Waals surface area (Å²) in [5, 5.41) is 4.50. The summed E-state index contributed by atoms with van der Waals surface area (Å²) < 4.78 is 8.56. The van der Waals surface area contributed by atoms with Crippen LogP contribution in [0.2, 0.25) is 0 Å². The molecule has 252 valence electrons. The molecule has 1 spiro atoms. The Kier molecular flexibility index (Phi) is 6.01. The molecule has 0 N–H and O–H groups in total. The molecule has 0 saturated carbocycles. The van der Waals surface area contributed by atoms with Crippen molar-refractivity contribution in [3.05, 3.63) is 210 Å². The maximum Gasteiger partial charge on any atom is 0.235 e. The van der Waals surface area contributed by atoms with E-state index in [9.17, 15) is 0 Å². The third kappa shape index (κ3) is 3.76. The lowest BCUT2D eigenvalue weighted by Crippen LogP contribution is -2.27. The highest BCUT2D eigenvalue weighted by molar-refractivity contribution is 6.30. The SMILES string of the molecule is C1=C(c2ccccc2)N=C(n2c3ccccc3c3c4cocc4c4c(c32)C2(c3ccccc3-c3ccccc32)c2ccccc2-4)N=C(c2ccccc2)C1. The highest BCUT2D eigenvalue weighted by atomic mass is 16.3. The van der Waals surface area contributed by atoms with Gasteiger partial charge in [-0.15, -0.1) is 0 Å². The molecule has 0 bridgehead atoms. The number of hydrogen-bond donors (Lipinski definition) is 0. The first-order chi connectivity index (χ1) is 26.8. The first-order valence-corrected chi connectivity index (χ1v) is 18.5. The number of hydrogen-bond acceptors (Lipinski definition) is 3. The van der Waals surface area contributed by atoms with E-state index in [1.54, 1.807) is 0 Å². The van der Waals surface area contributed by atoms with Crippen molar-refractivity contribution in [1.29, 1.82) is 0 Å². The van der Waals surface area contributed by atoms with Crippen molar-refractivity contribution >= 4 is 49.9 Å². The van der Waals surface area contributed by atoms with Crippen molar-refractivity contribution in [3.63, 3.8) is 0 Å². The minimum Gasteiger partial charge on any atom is -0.471 e. The van der Waals surface area contributed by atoms with Gasteiger partial charge in [-0.05, 0) is 56.1 Å². The zero-order chi connectivity index (χ0) is 35.4. The molecule has 54 heavy (non-hydrogen) atoms. The minimum atomic E-state index is -0.593. The van der Waals surface area contributed by atoms with E-state index in [1.807, 2.05) is 12.5 Å². The molecular weight excluding hydrogens is 659 g/mol. The molecule has 0 atom stereocenters. The second-order valence-corrected chi connectivity index (χ2v) is 14.4. The van der Waals surface area contributed by atoms with Crippen LogP contribution in [0.4, 0.5) is 0 Å². The highest BCUT2D eigenvalue weighted by Gasteiger charge is 2.54. The summed E-state index contributed by atoms with van der Waals surface area (Å²) >= 11 is 0. The maximum atomic E-state index is 6.20. The molecule has 0 unspecified atom stereocenters. The van der Waals surface area contributed by atoms with Gasteiger partial charge >= 0.3 is 0 Å². The maximum absolute atomic E-state index is 6.20. The van der Waals surface area contributed by atoms with Crippen LogP contribution in [-0.2, 0) is 5.41 Å². The standard InChI is InChI=1S/C50H31N3O/c1-3-15-31(16-4-1)42-27-28-43(32-17-5-2-6-18-32)52-49(51-42)53-44-26-14-10-22-36(44)46-38-30-54-29-37(38)45-35-21-9-13-25-41(35)50(47(45)48(46)53)39-23-11-7-19-33(39)34-20-8-12-24-40(34)50/h1-27,29-30H,28H2. The van der Waals surface area contributed by atoms with E-state index < -0.39 is 5.41 Å². The molecule has 4 heteroatoms. The molecule has 0 saturated heterocycles. The monoisotopic (exact) mass is 689 g/mol. The average Bonchev–Trinajstić information content (AvgIpc) is 3.95. The molecular formula is C50H31N3O. The molecule has 3 aliphatic rings. The van der Waals surface area contributed by atoms with Gasteiger partial charge in [-0.3, -0.25) is 4.57 Å². The summed E-state index contributed by atoms with van der Waals surface area (Å²) in [6, 6.07) is 56.7. The molecule has 1 aliphatic heterocycles. The van der Waals surface area contributed by atoms with Crippen LogP contribution in [0.3, 0.4) is 0 Å². The van der Waals surface area contributed by atoms with Crippen LogP contribution in [0, 0.1) is 0 Å². The molecule has 0 radical (unpaired) electrons. The summed E-state index contributed by atoms with van der Waals surface area (Å²) in [5.41, 5.74) is 15.7. The number of aromatic nitrogens is 1. The molecule has 9 aromatic rings. The number of benzene rings is 7. The van der Waals surface area contributed by atoms with Gasteiger partial charge in [0, 0.05) is 33.5 Å². The summed E-state index contributed by atoms with van der Waals surface area (Å²) in [7, 11) is 0. The van der Waals surface area contributed by atoms with Crippen LogP contribution >= 0.6 is 0 Å². The zero-order valence-electron chi connectivity index (χ0n) is 29.2. The number of furan rings is 1. The average molecular weight is 690 g/mol. The number of fused-ring (bicyclic) bond motifs is 17. The first-order valence-electron chi connectivity index (χ1n) is 18.5. The fourth-order valence-electron chi connectivity index (χ4n) is 9.74. The largest absolute Gasteiger partial charge is 0.471 e. The normalized spacial score (nSPS) is 15.1. The number of nitrogens with zero attached hydrogens (tertiary/aromatic N) is 3. The van der Waals surface area contributed by atoms with Gasteiger partial charge in [0.05, 0.1) is 40.4 Å². The van der Waals surface area contributed by atoms with E-state index in [0.29, 0.717) is 12.4 Å². The van der Waals surface area contributed by atoms with E-state index >= 15 is 0 Å². The van der Waals surface area contributed by atoms with E-state index in [2.05, 4.69) is 168 Å². The van der Waals surface area contributed by atoms with Gasteiger partial charge in [0.1, 0.15) is 0 Å². The lowest BCUT2D eigenvalue weighted by molar-refractivity contribution is 0.572. The predicted molar refractivity (Wildman–Crippen MR) is 220 cm³/mol. The van der Waals surface area contributed by atoms with Crippen LogP contribution in [0.25, 0.3) is 60.5 Å². The van der Waals surface area contributed by atoms with Crippen molar-refractivity contribution in [2.24, 2.45) is 9.98 Å². The van der Waals surface area contributed by atoms with Crippen LogP contribution in [-0.4, -0.2) is 16.2 Å². The molecule has 7 aromatic carbocycles.